The number of amides is 1. The molecule has 0 aliphatic carbocycles. The summed E-state index contributed by atoms with van der Waals surface area (Å²) in [4.78, 5) is 39.6. The van der Waals surface area contributed by atoms with Crippen molar-refractivity contribution < 1.29 is 24.6 Å². The van der Waals surface area contributed by atoms with E-state index in [0.29, 0.717) is 4.91 Å². The highest BCUT2D eigenvalue weighted by atomic mass is 32.2. The molecule has 2 heterocycles. The van der Waals surface area contributed by atoms with Gasteiger partial charge in [-0.2, -0.15) is 0 Å². The number of hydrogen-bond acceptors (Lipinski definition) is 5. The van der Waals surface area contributed by atoms with Crippen LogP contribution in [0.5, 0.6) is 0 Å². The number of aliphatic imine (C=N–C) groups is 1. The molecule has 0 bridgehead atoms. The fraction of sp³-hybridized carbons (Fsp3) is 0.0476. The van der Waals surface area contributed by atoms with Crippen LogP contribution in [0.25, 0.3) is 17.0 Å². The highest BCUT2D eigenvalue weighted by Crippen LogP contribution is 2.31. The van der Waals surface area contributed by atoms with E-state index in [9.17, 15) is 24.6 Å². The number of benzene rings is 2. The molecule has 0 radical (unpaired) electrons. The molecule has 0 saturated carbocycles. The molecule has 4 rings (SSSR count). The van der Waals surface area contributed by atoms with E-state index in [1.54, 1.807) is 6.08 Å². The molecule has 1 aliphatic heterocycles. The molecule has 1 aromatic heterocycles. The van der Waals surface area contributed by atoms with Crippen LogP contribution in [0, 0.1) is 0 Å². The first-order chi connectivity index (χ1) is 14.3. The van der Waals surface area contributed by atoms with E-state index in [2.05, 4.69) is 10.3 Å². The van der Waals surface area contributed by atoms with Gasteiger partial charge in [0.1, 0.15) is 0 Å². The Morgan fingerprint density at radius 3 is 2.43 bits per heavy atom. The molecule has 3 aromatic rings. The van der Waals surface area contributed by atoms with Crippen LogP contribution in [-0.4, -0.2) is 37.8 Å². The van der Waals surface area contributed by atoms with Crippen molar-refractivity contribution in [3.8, 4) is 0 Å². The molecule has 1 aliphatic rings. The zero-order valence-corrected chi connectivity index (χ0v) is 16.4. The maximum atomic E-state index is 12.4. The van der Waals surface area contributed by atoms with E-state index in [4.69, 9.17) is 0 Å². The molecule has 1 saturated heterocycles. The third kappa shape index (κ3) is 3.70. The number of carbonyl (C=O) groups excluding carboxylic acids is 1. The zero-order chi connectivity index (χ0) is 21.4. The number of aryl methyl sites for hydroxylation is 1. The van der Waals surface area contributed by atoms with Crippen LogP contribution in [0.2, 0.25) is 0 Å². The fourth-order valence-corrected chi connectivity index (χ4v) is 3.98. The zero-order valence-electron chi connectivity index (χ0n) is 15.6. The van der Waals surface area contributed by atoms with E-state index < -0.39 is 11.9 Å². The van der Waals surface area contributed by atoms with Crippen LogP contribution < -0.4 is 5.32 Å². The summed E-state index contributed by atoms with van der Waals surface area (Å²) in [6, 6.07) is 11.4. The quantitative estimate of drug-likeness (QED) is 0.555. The highest BCUT2D eigenvalue weighted by Gasteiger charge is 2.24. The average molecular weight is 421 g/mol. The first-order valence-corrected chi connectivity index (χ1v) is 9.59. The van der Waals surface area contributed by atoms with E-state index >= 15 is 0 Å². The second kappa shape index (κ2) is 7.53. The number of para-hydroxylation sites is 1. The Morgan fingerprint density at radius 1 is 1.10 bits per heavy atom. The van der Waals surface area contributed by atoms with Gasteiger partial charge in [-0.1, -0.05) is 18.2 Å². The van der Waals surface area contributed by atoms with Crippen LogP contribution in [0.4, 0.5) is 5.69 Å². The number of nitrogens with one attached hydrogen (secondary N) is 1. The topological polar surface area (TPSA) is 121 Å². The Bertz CT molecular complexity index is 1260. The molecule has 0 unspecified atom stereocenters. The summed E-state index contributed by atoms with van der Waals surface area (Å²) in [6.07, 6.45) is 3.69. The molecular formula is C21H15N3O5S. The van der Waals surface area contributed by atoms with Gasteiger partial charge in [-0.25, -0.2) is 14.6 Å². The number of fused-ring (bicyclic) bond motifs is 1. The van der Waals surface area contributed by atoms with Crippen LogP contribution >= 0.6 is 11.8 Å². The molecule has 0 spiro atoms. The van der Waals surface area contributed by atoms with E-state index in [1.807, 2.05) is 42.1 Å². The number of thioether (sulfide) groups is 1. The molecule has 9 heteroatoms. The predicted octanol–water partition coefficient (Wildman–Crippen LogP) is 3.47. The first-order valence-electron chi connectivity index (χ1n) is 8.77. The van der Waals surface area contributed by atoms with Gasteiger partial charge in [0.2, 0.25) is 0 Å². The van der Waals surface area contributed by atoms with Crippen LogP contribution in [-0.2, 0) is 11.8 Å². The monoisotopic (exact) mass is 421 g/mol. The van der Waals surface area contributed by atoms with Gasteiger partial charge < -0.3 is 20.1 Å². The second-order valence-electron chi connectivity index (χ2n) is 6.57. The van der Waals surface area contributed by atoms with Crippen molar-refractivity contribution in [2.45, 2.75) is 0 Å². The molecular weight excluding hydrogens is 406 g/mol. The molecule has 1 fully saturated rings. The number of carboxylic acids is 2. The Labute approximate surface area is 174 Å². The lowest BCUT2D eigenvalue weighted by Gasteiger charge is -2.02. The van der Waals surface area contributed by atoms with Gasteiger partial charge in [0.05, 0.1) is 21.7 Å². The lowest BCUT2D eigenvalue weighted by molar-refractivity contribution is -0.115. The molecule has 30 heavy (non-hydrogen) atoms. The largest absolute Gasteiger partial charge is 0.478 e. The maximum Gasteiger partial charge on any atom is 0.335 e. The van der Waals surface area contributed by atoms with Crippen molar-refractivity contribution in [3.05, 3.63) is 70.3 Å². The van der Waals surface area contributed by atoms with Crippen molar-refractivity contribution >= 4 is 57.4 Å². The number of rotatable bonds is 4. The second-order valence-corrected chi connectivity index (χ2v) is 7.60. The third-order valence-electron chi connectivity index (χ3n) is 4.51. The first kappa shape index (κ1) is 19.5. The SMILES string of the molecule is Cn1cc(/C=C2\SC(=Nc3cc(C(=O)O)cc(C(=O)O)c3)NC2=O)c2ccccc21. The summed E-state index contributed by atoms with van der Waals surface area (Å²) in [5.74, 6) is -2.86. The standard InChI is InChI=1S/C21H15N3O5S/c1-24-10-13(15-4-2-3-5-16(15)24)9-17-18(25)23-21(30-17)22-14-7-11(19(26)27)6-12(8-14)20(28)29/h2-10H,1H3,(H,26,27)(H,28,29)(H,22,23,25)/b17-9-. The Hall–Kier alpha value is -3.85. The molecule has 2 aromatic carbocycles. The van der Waals surface area contributed by atoms with Gasteiger partial charge in [-0.05, 0) is 42.1 Å². The van der Waals surface area contributed by atoms with Crippen LogP contribution in [0.3, 0.4) is 0 Å². The lowest BCUT2D eigenvalue weighted by atomic mass is 10.1. The molecule has 150 valence electrons. The number of hydrogen-bond donors (Lipinski definition) is 3. The van der Waals surface area contributed by atoms with Crippen LogP contribution in [0.15, 0.2) is 58.6 Å². The minimum atomic E-state index is -1.26. The minimum Gasteiger partial charge on any atom is -0.478 e. The summed E-state index contributed by atoms with van der Waals surface area (Å²) in [5, 5.41) is 22.2. The molecule has 1 amide bonds. The Kier molecular flexibility index (Phi) is 4.88. The van der Waals surface area contributed by atoms with Gasteiger partial charge in [0.25, 0.3) is 5.91 Å². The van der Waals surface area contributed by atoms with Crippen molar-refractivity contribution in [2.75, 3.05) is 0 Å². The number of amidine groups is 1. The molecule has 3 N–H and O–H groups in total. The number of carboxylic acid groups (broad SMARTS) is 2. The van der Waals surface area contributed by atoms with Crippen LogP contribution in [0.1, 0.15) is 26.3 Å². The van der Waals surface area contributed by atoms with Gasteiger partial charge in [-0.3, -0.25) is 4.79 Å². The van der Waals surface area contributed by atoms with Crippen molar-refractivity contribution in [1.29, 1.82) is 0 Å². The maximum absolute atomic E-state index is 12.4. The fourth-order valence-electron chi connectivity index (χ4n) is 3.15. The van der Waals surface area contributed by atoms with E-state index in [1.165, 1.54) is 12.1 Å². The van der Waals surface area contributed by atoms with E-state index in [0.717, 1.165) is 34.3 Å². The molecule has 0 atom stereocenters. The van der Waals surface area contributed by atoms with Gasteiger partial charge >= 0.3 is 11.9 Å². The summed E-state index contributed by atoms with van der Waals surface area (Å²) in [6.45, 7) is 0. The van der Waals surface area contributed by atoms with Gasteiger partial charge in [0, 0.05) is 29.7 Å². The summed E-state index contributed by atoms with van der Waals surface area (Å²) in [7, 11) is 1.93. The average Bonchev–Trinajstić information content (AvgIpc) is 3.21. The van der Waals surface area contributed by atoms with Crippen molar-refractivity contribution in [2.24, 2.45) is 12.0 Å². The normalized spacial score (nSPS) is 16.4. The van der Waals surface area contributed by atoms with E-state index in [-0.39, 0.29) is 27.9 Å². The molecule has 8 nitrogen and oxygen atoms in total. The summed E-state index contributed by atoms with van der Waals surface area (Å²) in [5.41, 5.74) is 1.65. The minimum absolute atomic E-state index is 0.126. The number of aromatic carboxylic acids is 2. The summed E-state index contributed by atoms with van der Waals surface area (Å²) >= 11 is 1.10. The number of nitrogens with zero attached hydrogens (tertiary/aromatic N) is 2. The van der Waals surface area contributed by atoms with Crippen molar-refractivity contribution in [3.63, 3.8) is 0 Å². The predicted molar refractivity (Wildman–Crippen MR) is 114 cm³/mol. The Morgan fingerprint density at radius 2 is 1.77 bits per heavy atom. The Balaban J connectivity index is 1.68. The smallest absolute Gasteiger partial charge is 0.335 e. The van der Waals surface area contributed by atoms with Gasteiger partial charge in [0.15, 0.2) is 5.17 Å². The van der Waals surface area contributed by atoms with Crippen molar-refractivity contribution in [1.82, 2.24) is 9.88 Å². The number of carbonyl (C=O) groups is 3. The van der Waals surface area contributed by atoms with Gasteiger partial charge in [-0.15, -0.1) is 0 Å². The summed E-state index contributed by atoms with van der Waals surface area (Å²) < 4.78 is 1.97. The number of aromatic nitrogens is 1. The highest BCUT2D eigenvalue weighted by molar-refractivity contribution is 8.18. The lowest BCUT2D eigenvalue weighted by Crippen LogP contribution is -2.19. The third-order valence-corrected chi connectivity index (χ3v) is 5.42.